The number of hydrogen-bond acceptors (Lipinski definition) is 3. The summed E-state index contributed by atoms with van der Waals surface area (Å²) in [6.07, 6.45) is 0.481. The molecule has 1 atom stereocenters. The highest BCUT2D eigenvalue weighted by Gasteiger charge is 2.37. The van der Waals surface area contributed by atoms with E-state index in [0.29, 0.717) is 6.42 Å². The number of methoxy groups -OCH3 is 1. The van der Waals surface area contributed by atoms with Crippen LogP contribution in [0.4, 0.5) is 0 Å². The van der Waals surface area contributed by atoms with Crippen LogP contribution in [0.15, 0.2) is 0 Å². The molecular formula is C8H14O3. The van der Waals surface area contributed by atoms with Crippen LogP contribution < -0.4 is 0 Å². The van der Waals surface area contributed by atoms with Crippen LogP contribution in [0.3, 0.4) is 0 Å². The van der Waals surface area contributed by atoms with Gasteiger partial charge < -0.3 is 4.74 Å². The van der Waals surface area contributed by atoms with E-state index in [1.165, 1.54) is 14.0 Å². The van der Waals surface area contributed by atoms with E-state index in [4.69, 9.17) is 0 Å². The summed E-state index contributed by atoms with van der Waals surface area (Å²) in [5, 5.41) is 0. The maximum Gasteiger partial charge on any atom is 0.319 e. The third-order valence-corrected chi connectivity index (χ3v) is 2.12. The van der Waals surface area contributed by atoms with Crippen LogP contribution in [-0.4, -0.2) is 18.9 Å². The van der Waals surface area contributed by atoms with Crippen molar-refractivity contribution in [3.05, 3.63) is 0 Å². The molecule has 0 bridgehead atoms. The molecule has 0 aromatic rings. The van der Waals surface area contributed by atoms with Gasteiger partial charge in [-0.15, -0.1) is 0 Å². The number of carbonyl (C=O) groups excluding carboxylic acids is 2. The predicted octanol–water partition coefficient (Wildman–Crippen LogP) is 1.16. The summed E-state index contributed by atoms with van der Waals surface area (Å²) in [6.45, 7) is 4.79. The first-order valence-corrected chi connectivity index (χ1v) is 3.58. The zero-order valence-corrected chi connectivity index (χ0v) is 7.43. The molecule has 11 heavy (non-hydrogen) atoms. The summed E-state index contributed by atoms with van der Waals surface area (Å²) in [6, 6.07) is 0. The van der Waals surface area contributed by atoms with Crippen LogP contribution in [0.25, 0.3) is 0 Å². The quantitative estimate of drug-likeness (QED) is 0.457. The molecule has 0 saturated carbocycles. The molecule has 3 nitrogen and oxygen atoms in total. The van der Waals surface area contributed by atoms with Crippen molar-refractivity contribution in [2.24, 2.45) is 5.41 Å². The van der Waals surface area contributed by atoms with Crippen LogP contribution in [0.5, 0.6) is 0 Å². The van der Waals surface area contributed by atoms with E-state index >= 15 is 0 Å². The van der Waals surface area contributed by atoms with Gasteiger partial charge in [0.05, 0.1) is 7.11 Å². The second-order valence-corrected chi connectivity index (χ2v) is 2.73. The van der Waals surface area contributed by atoms with Gasteiger partial charge in [-0.3, -0.25) is 9.59 Å². The average molecular weight is 158 g/mol. The molecule has 0 heterocycles. The maximum absolute atomic E-state index is 11.1. The Kier molecular flexibility index (Phi) is 3.23. The van der Waals surface area contributed by atoms with E-state index in [2.05, 4.69) is 4.74 Å². The van der Waals surface area contributed by atoms with E-state index in [-0.39, 0.29) is 5.78 Å². The fourth-order valence-corrected chi connectivity index (χ4v) is 0.762. The Hall–Kier alpha value is -0.860. The molecule has 0 radical (unpaired) electrons. The Morgan fingerprint density at radius 1 is 1.45 bits per heavy atom. The second-order valence-electron chi connectivity index (χ2n) is 2.73. The van der Waals surface area contributed by atoms with Crippen LogP contribution in [0.1, 0.15) is 27.2 Å². The van der Waals surface area contributed by atoms with E-state index in [0.717, 1.165) is 0 Å². The number of rotatable bonds is 3. The molecule has 0 rings (SSSR count). The zero-order chi connectivity index (χ0) is 9.07. The first kappa shape index (κ1) is 10.1. The molecule has 0 saturated heterocycles. The molecule has 3 heteroatoms. The Balaban J connectivity index is 4.59. The van der Waals surface area contributed by atoms with E-state index in [1.54, 1.807) is 13.8 Å². The molecular weight excluding hydrogens is 144 g/mol. The smallest absolute Gasteiger partial charge is 0.319 e. The minimum absolute atomic E-state index is 0.146. The molecule has 0 aromatic heterocycles. The number of ketones is 1. The van der Waals surface area contributed by atoms with Gasteiger partial charge in [0.15, 0.2) is 0 Å². The lowest BCUT2D eigenvalue weighted by molar-refractivity contribution is -0.156. The van der Waals surface area contributed by atoms with Gasteiger partial charge >= 0.3 is 5.97 Å². The summed E-state index contributed by atoms with van der Waals surface area (Å²) in [4.78, 5) is 22.1. The van der Waals surface area contributed by atoms with Crippen molar-refractivity contribution in [3.63, 3.8) is 0 Å². The molecule has 0 amide bonds. The highest BCUT2D eigenvalue weighted by atomic mass is 16.5. The number of Topliss-reactive ketones (excluding diaryl/α,β-unsaturated/α-hetero) is 1. The van der Waals surface area contributed by atoms with E-state index in [1.807, 2.05) is 0 Å². The Morgan fingerprint density at radius 3 is 2.00 bits per heavy atom. The fourth-order valence-electron chi connectivity index (χ4n) is 0.762. The first-order chi connectivity index (χ1) is 4.99. The molecule has 0 aromatic carbocycles. The highest BCUT2D eigenvalue weighted by molar-refractivity contribution is 6.02. The minimum atomic E-state index is -0.950. The summed E-state index contributed by atoms with van der Waals surface area (Å²) in [5.74, 6) is -0.598. The van der Waals surface area contributed by atoms with Crippen LogP contribution in [0, 0.1) is 5.41 Å². The summed E-state index contributed by atoms with van der Waals surface area (Å²) in [5.41, 5.74) is -0.950. The molecule has 64 valence electrons. The lowest BCUT2D eigenvalue weighted by Gasteiger charge is -2.20. The lowest BCUT2D eigenvalue weighted by atomic mass is 9.84. The van der Waals surface area contributed by atoms with Crippen molar-refractivity contribution in [2.75, 3.05) is 7.11 Å². The van der Waals surface area contributed by atoms with Crippen LogP contribution in [-0.2, 0) is 14.3 Å². The van der Waals surface area contributed by atoms with Crippen LogP contribution in [0.2, 0.25) is 0 Å². The van der Waals surface area contributed by atoms with Gasteiger partial charge in [0, 0.05) is 0 Å². The van der Waals surface area contributed by atoms with Gasteiger partial charge in [-0.05, 0) is 20.3 Å². The van der Waals surface area contributed by atoms with Crippen molar-refractivity contribution >= 4 is 11.8 Å². The normalized spacial score (nSPS) is 15.3. The van der Waals surface area contributed by atoms with Gasteiger partial charge in [0.25, 0.3) is 0 Å². The Labute approximate surface area is 66.7 Å². The second kappa shape index (κ2) is 3.51. The molecule has 0 spiro atoms. The number of carbonyl (C=O) groups is 2. The van der Waals surface area contributed by atoms with Crippen molar-refractivity contribution in [1.82, 2.24) is 0 Å². The molecule has 1 unspecified atom stereocenters. The average Bonchev–Trinajstić information content (AvgIpc) is 2.01. The van der Waals surface area contributed by atoms with E-state index in [9.17, 15) is 9.59 Å². The van der Waals surface area contributed by atoms with Gasteiger partial charge in [-0.2, -0.15) is 0 Å². The van der Waals surface area contributed by atoms with Crippen molar-refractivity contribution < 1.29 is 14.3 Å². The fraction of sp³-hybridized carbons (Fsp3) is 0.750. The van der Waals surface area contributed by atoms with Gasteiger partial charge in [0.1, 0.15) is 11.2 Å². The van der Waals surface area contributed by atoms with Crippen molar-refractivity contribution in [1.29, 1.82) is 0 Å². The summed E-state index contributed by atoms with van der Waals surface area (Å²) >= 11 is 0. The van der Waals surface area contributed by atoms with Gasteiger partial charge in [-0.25, -0.2) is 0 Å². The monoisotopic (exact) mass is 158 g/mol. The third kappa shape index (κ3) is 1.79. The molecule has 0 N–H and O–H groups in total. The minimum Gasteiger partial charge on any atom is -0.468 e. The van der Waals surface area contributed by atoms with Crippen LogP contribution >= 0.6 is 0 Å². The van der Waals surface area contributed by atoms with Crippen molar-refractivity contribution in [3.8, 4) is 0 Å². The lowest BCUT2D eigenvalue weighted by Crippen LogP contribution is -2.35. The Morgan fingerprint density at radius 2 is 1.91 bits per heavy atom. The van der Waals surface area contributed by atoms with Gasteiger partial charge in [-0.1, -0.05) is 6.92 Å². The van der Waals surface area contributed by atoms with Gasteiger partial charge in [0.2, 0.25) is 0 Å². The molecule has 0 aliphatic rings. The topological polar surface area (TPSA) is 43.4 Å². The number of ether oxygens (including phenoxy) is 1. The standard InChI is InChI=1S/C8H14O3/c1-5-8(3,6(2)9)7(10)11-4/h5H2,1-4H3. The van der Waals surface area contributed by atoms with E-state index < -0.39 is 11.4 Å². The molecule has 0 fully saturated rings. The third-order valence-electron chi connectivity index (χ3n) is 2.12. The highest BCUT2D eigenvalue weighted by Crippen LogP contribution is 2.23. The summed E-state index contributed by atoms with van der Waals surface area (Å²) in [7, 11) is 1.29. The molecule has 0 aliphatic heterocycles. The Bertz CT molecular complexity index is 174. The molecule has 0 aliphatic carbocycles. The maximum atomic E-state index is 11.1. The predicted molar refractivity (Wildman–Crippen MR) is 41.1 cm³/mol. The van der Waals surface area contributed by atoms with Crippen molar-refractivity contribution in [2.45, 2.75) is 27.2 Å². The number of hydrogen-bond donors (Lipinski definition) is 0. The summed E-state index contributed by atoms with van der Waals surface area (Å²) < 4.78 is 4.51. The first-order valence-electron chi connectivity index (χ1n) is 3.58. The zero-order valence-electron chi connectivity index (χ0n) is 7.43. The largest absolute Gasteiger partial charge is 0.468 e. The number of esters is 1. The SMILES string of the molecule is CCC(C)(C(C)=O)C(=O)OC.